The van der Waals surface area contributed by atoms with Crippen LogP contribution in [0.5, 0.6) is 0 Å². The number of nitrogens with two attached hydrogens (primary N) is 1. The Kier molecular flexibility index (Phi) is 3.90. The summed E-state index contributed by atoms with van der Waals surface area (Å²) in [6.07, 6.45) is 0. The molecule has 17 heavy (non-hydrogen) atoms. The molecule has 0 aliphatic rings. The van der Waals surface area contributed by atoms with Crippen molar-refractivity contribution in [3.63, 3.8) is 0 Å². The standard InChI is InChI=1S/C14H16INS/c1-8-4-10(3)12(5-9(8)2)14(16)11-6-13(15)17-7-11/h4-7,14H,16H2,1-3H3. The lowest BCUT2D eigenvalue weighted by molar-refractivity contribution is 0.863. The maximum Gasteiger partial charge on any atom is 0.0656 e. The third kappa shape index (κ3) is 2.72. The molecule has 1 aromatic heterocycles. The molecular weight excluding hydrogens is 341 g/mol. The average molecular weight is 357 g/mol. The molecule has 2 aromatic rings. The van der Waals surface area contributed by atoms with Crippen LogP contribution in [-0.4, -0.2) is 0 Å². The second kappa shape index (κ2) is 5.08. The van der Waals surface area contributed by atoms with Gasteiger partial charge in [-0.05, 0) is 82.6 Å². The molecule has 2 N–H and O–H groups in total. The quantitative estimate of drug-likeness (QED) is 0.796. The first-order valence-electron chi connectivity index (χ1n) is 5.56. The van der Waals surface area contributed by atoms with Gasteiger partial charge in [-0.2, -0.15) is 0 Å². The lowest BCUT2D eigenvalue weighted by atomic mass is 9.93. The van der Waals surface area contributed by atoms with Gasteiger partial charge >= 0.3 is 0 Å². The molecule has 90 valence electrons. The van der Waals surface area contributed by atoms with Crippen molar-refractivity contribution in [3.8, 4) is 0 Å². The molecule has 1 unspecified atom stereocenters. The van der Waals surface area contributed by atoms with Crippen LogP contribution < -0.4 is 5.73 Å². The summed E-state index contributed by atoms with van der Waals surface area (Å²) in [6, 6.07) is 6.61. The van der Waals surface area contributed by atoms with Crippen molar-refractivity contribution in [1.29, 1.82) is 0 Å². The SMILES string of the molecule is Cc1cc(C)c(C(N)c2csc(I)c2)cc1C. The summed E-state index contributed by atoms with van der Waals surface area (Å²) in [7, 11) is 0. The molecule has 0 aliphatic carbocycles. The highest BCUT2D eigenvalue weighted by atomic mass is 127. The van der Waals surface area contributed by atoms with E-state index in [9.17, 15) is 0 Å². The van der Waals surface area contributed by atoms with Crippen LogP contribution in [0, 0.1) is 23.7 Å². The Hall–Kier alpha value is -0.390. The molecule has 0 fully saturated rings. The third-order valence-electron chi connectivity index (χ3n) is 3.16. The minimum atomic E-state index is -0.00549. The molecule has 1 atom stereocenters. The number of rotatable bonds is 2. The summed E-state index contributed by atoms with van der Waals surface area (Å²) in [6.45, 7) is 6.42. The Morgan fingerprint density at radius 1 is 1.06 bits per heavy atom. The van der Waals surface area contributed by atoms with Crippen LogP contribution in [0.15, 0.2) is 23.6 Å². The van der Waals surface area contributed by atoms with Crippen molar-refractivity contribution in [2.45, 2.75) is 26.8 Å². The van der Waals surface area contributed by atoms with E-state index in [1.807, 2.05) is 0 Å². The van der Waals surface area contributed by atoms with E-state index in [1.54, 1.807) is 11.3 Å². The van der Waals surface area contributed by atoms with Crippen molar-refractivity contribution in [2.75, 3.05) is 0 Å². The number of hydrogen-bond donors (Lipinski definition) is 1. The lowest BCUT2D eigenvalue weighted by Crippen LogP contribution is -2.13. The maximum atomic E-state index is 6.35. The van der Waals surface area contributed by atoms with Crippen molar-refractivity contribution < 1.29 is 0 Å². The van der Waals surface area contributed by atoms with Crippen LogP contribution in [0.1, 0.15) is 33.9 Å². The predicted octanol–water partition coefficient (Wildman–Crippen LogP) is 4.33. The monoisotopic (exact) mass is 357 g/mol. The van der Waals surface area contributed by atoms with Gasteiger partial charge in [0.1, 0.15) is 0 Å². The van der Waals surface area contributed by atoms with Gasteiger partial charge in [0, 0.05) is 0 Å². The molecule has 1 aromatic carbocycles. The molecule has 1 heterocycles. The maximum absolute atomic E-state index is 6.35. The van der Waals surface area contributed by atoms with E-state index in [4.69, 9.17) is 5.73 Å². The summed E-state index contributed by atoms with van der Waals surface area (Å²) in [4.78, 5) is 0. The second-order valence-corrected chi connectivity index (χ2v) is 7.26. The highest BCUT2D eigenvalue weighted by Gasteiger charge is 2.13. The molecule has 1 nitrogen and oxygen atoms in total. The highest BCUT2D eigenvalue weighted by Crippen LogP contribution is 2.28. The van der Waals surface area contributed by atoms with Crippen molar-refractivity contribution in [3.05, 3.63) is 54.3 Å². The van der Waals surface area contributed by atoms with E-state index in [-0.39, 0.29) is 6.04 Å². The first kappa shape index (κ1) is 13.1. The zero-order chi connectivity index (χ0) is 12.6. The van der Waals surface area contributed by atoms with Crippen LogP contribution in [0.4, 0.5) is 0 Å². The smallest absolute Gasteiger partial charge is 0.0656 e. The predicted molar refractivity (Wildman–Crippen MR) is 83.7 cm³/mol. The average Bonchev–Trinajstić information content (AvgIpc) is 2.69. The van der Waals surface area contributed by atoms with Gasteiger partial charge in [-0.15, -0.1) is 11.3 Å². The second-order valence-electron chi connectivity index (χ2n) is 4.45. The van der Waals surface area contributed by atoms with E-state index in [0.717, 1.165) is 0 Å². The van der Waals surface area contributed by atoms with Gasteiger partial charge in [-0.25, -0.2) is 0 Å². The van der Waals surface area contributed by atoms with Gasteiger partial charge in [-0.3, -0.25) is 0 Å². The molecule has 0 amide bonds. The fraction of sp³-hybridized carbons (Fsp3) is 0.286. The van der Waals surface area contributed by atoms with Gasteiger partial charge in [0.05, 0.1) is 8.93 Å². The number of aryl methyl sites for hydroxylation is 3. The Morgan fingerprint density at radius 2 is 1.71 bits per heavy atom. The largest absolute Gasteiger partial charge is 0.320 e. The first-order chi connectivity index (χ1) is 7.99. The number of halogens is 1. The Labute approximate surface area is 120 Å². The molecule has 0 aliphatic heterocycles. The molecule has 3 heteroatoms. The van der Waals surface area contributed by atoms with Gasteiger partial charge in [-0.1, -0.05) is 12.1 Å². The summed E-state index contributed by atoms with van der Waals surface area (Å²) in [5.74, 6) is 0. The lowest BCUT2D eigenvalue weighted by Gasteiger charge is -2.16. The Bertz CT molecular complexity index is 545. The normalized spacial score (nSPS) is 12.8. The zero-order valence-electron chi connectivity index (χ0n) is 10.3. The summed E-state index contributed by atoms with van der Waals surface area (Å²) >= 11 is 4.08. The first-order valence-corrected chi connectivity index (χ1v) is 7.52. The van der Waals surface area contributed by atoms with Crippen LogP contribution in [0.2, 0.25) is 0 Å². The Morgan fingerprint density at radius 3 is 2.29 bits per heavy atom. The van der Waals surface area contributed by atoms with Crippen LogP contribution >= 0.6 is 33.9 Å². The topological polar surface area (TPSA) is 26.0 Å². The Balaban J connectivity index is 2.43. The summed E-state index contributed by atoms with van der Waals surface area (Å²) in [5, 5.41) is 2.15. The van der Waals surface area contributed by atoms with E-state index >= 15 is 0 Å². The molecule has 2 rings (SSSR count). The van der Waals surface area contributed by atoms with E-state index in [2.05, 4.69) is 66.9 Å². The molecule has 0 spiro atoms. The van der Waals surface area contributed by atoms with Gasteiger partial charge < -0.3 is 5.73 Å². The molecule has 0 saturated carbocycles. The van der Waals surface area contributed by atoms with Gasteiger partial charge in [0.25, 0.3) is 0 Å². The van der Waals surface area contributed by atoms with Crippen molar-refractivity contribution in [1.82, 2.24) is 0 Å². The number of hydrogen-bond acceptors (Lipinski definition) is 2. The zero-order valence-corrected chi connectivity index (χ0v) is 13.2. The molecule has 0 saturated heterocycles. The number of thiophene rings is 1. The summed E-state index contributed by atoms with van der Waals surface area (Å²) in [5.41, 5.74) is 12.7. The minimum Gasteiger partial charge on any atom is -0.320 e. The van der Waals surface area contributed by atoms with Gasteiger partial charge in [0.2, 0.25) is 0 Å². The van der Waals surface area contributed by atoms with Crippen LogP contribution in [-0.2, 0) is 0 Å². The third-order valence-corrected chi connectivity index (χ3v) is 4.97. The van der Waals surface area contributed by atoms with Gasteiger partial charge in [0.15, 0.2) is 0 Å². The fourth-order valence-corrected chi connectivity index (χ4v) is 3.39. The van der Waals surface area contributed by atoms with E-state index in [0.29, 0.717) is 0 Å². The van der Waals surface area contributed by atoms with E-state index in [1.165, 1.54) is 30.7 Å². The highest BCUT2D eigenvalue weighted by molar-refractivity contribution is 14.1. The minimum absolute atomic E-state index is 0.00549. The van der Waals surface area contributed by atoms with Crippen molar-refractivity contribution in [2.24, 2.45) is 5.73 Å². The van der Waals surface area contributed by atoms with Crippen LogP contribution in [0.3, 0.4) is 0 Å². The van der Waals surface area contributed by atoms with Crippen LogP contribution in [0.25, 0.3) is 0 Å². The van der Waals surface area contributed by atoms with E-state index < -0.39 is 0 Å². The molecule has 0 bridgehead atoms. The summed E-state index contributed by atoms with van der Waals surface area (Å²) < 4.78 is 1.29. The number of benzene rings is 1. The van der Waals surface area contributed by atoms with Crippen molar-refractivity contribution >= 4 is 33.9 Å². The molecule has 0 radical (unpaired) electrons. The fourth-order valence-electron chi connectivity index (χ4n) is 1.98. The molecular formula is C14H16INS.